The molecule has 2 atom stereocenters. The number of benzene rings is 1. The Morgan fingerprint density at radius 3 is 2.50 bits per heavy atom. The summed E-state index contributed by atoms with van der Waals surface area (Å²) in [5.74, 6) is 0.716. The van der Waals surface area contributed by atoms with Crippen LogP contribution in [0.15, 0.2) is 24.3 Å². The van der Waals surface area contributed by atoms with Crippen LogP contribution in [0.3, 0.4) is 0 Å². The van der Waals surface area contributed by atoms with Gasteiger partial charge in [0.05, 0.1) is 0 Å². The van der Waals surface area contributed by atoms with Gasteiger partial charge in [-0.1, -0.05) is 37.6 Å². The Labute approximate surface area is 129 Å². The standard InChI is InChI=1S/C17H29ClN2/c1-13(2)12-19-10-9-14(3)20(5)15(4)16-7-6-8-17(18)11-16/h6-8,11,13-15,19H,9-10,12H2,1-5H3. The van der Waals surface area contributed by atoms with Crippen LogP contribution in [0.1, 0.15) is 45.7 Å². The van der Waals surface area contributed by atoms with Gasteiger partial charge < -0.3 is 5.32 Å². The van der Waals surface area contributed by atoms with E-state index in [9.17, 15) is 0 Å². The van der Waals surface area contributed by atoms with Crippen LogP contribution in [0, 0.1) is 5.92 Å². The minimum atomic E-state index is 0.383. The molecule has 1 rings (SSSR count). The van der Waals surface area contributed by atoms with E-state index in [2.05, 4.69) is 57.1 Å². The van der Waals surface area contributed by atoms with Crippen molar-refractivity contribution in [3.05, 3.63) is 34.9 Å². The molecule has 1 aromatic rings. The molecule has 2 unspecified atom stereocenters. The summed E-state index contributed by atoms with van der Waals surface area (Å²) in [5.41, 5.74) is 1.28. The molecule has 0 amide bonds. The largest absolute Gasteiger partial charge is 0.316 e. The van der Waals surface area contributed by atoms with Gasteiger partial charge in [-0.05, 0) is 64.0 Å². The molecular weight excluding hydrogens is 268 g/mol. The van der Waals surface area contributed by atoms with Gasteiger partial charge in [0.15, 0.2) is 0 Å². The average molecular weight is 297 g/mol. The minimum absolute atomic E-state index is 0.383. The third-order valence-electron chi connectivity index (χ3n) is 3.93. The Hall–Kier alpha value is -0.570. The van der Waals surface area contributed by atoms with Gasteiger partial charge in [0.1, 0.15) is 0 Å². The molecule has 0 spiro atoms. The van der Waals surface area contributed by atoms with Crippen molar-refractivity contribution in [3.63, 3.8) is 0 Å². The SMILES string of the molecule is CC(C)CNCCC(C)N(C)C(C)c1cccc(Cl)c1. The first-order valence-electron chi connectivity index (χ1n) is 7.60. The quantitative estimate of drug-likeness (QED) is 0.717. The molecule has 0 aliphatic heterocycles. The van der Waals surface area contributed by atoms with Crippen LogP contribution < -0.4 is 5.32 Å². The van der Waals surface area contributed by atoms with Crippen LogP contribution in [0.25, 0.3) is 0 Å². The summed E-state index contributed by atoms with van der Waals surface area (Å²) < 4.78 is 0. The Morgan fingerprint density at radius 1 is 1.20 bits per heavy atom. The van der Waals surface area contributed by atoms with Crippen LogP contribution in [0.2, 0.25) is 5.02 Å². The third-order valence-corrected chi connectivity index (χ3v) is 4.16. The highest BCUT2D eigenvalue weighted by Crippen LogP contribution is 2.24. The predicted octanol–water partition coefficient (Wildman–Crippen LogP) is 4.36. The first-order chi connectivity index (χ1) is 9.41. The number of nitrogens with zero attached hydrogens (tertiary/aromatic N) is 1. The molecule has 0 bridgehead atoms. The highest BCUT2D eigenvalue weighted by Gasteiger charge is 2.17. The molecule has 20 heavy (non-hydrogen) atoms. The molecule has 0 aliphatic carbocycles. The molecule has 1 N–H and O–H groups in total. The van der Waals surface area contributed by atoms with E-state index in [1.165, 1.54) is 5.56 Å². The molecule has 2 nitrogen and oxygen atoms in total. The van der Waals surface area contributed by atoms with E-state index in [0.29, 0.717) is 18.0 Å². The predicted molar refractivity (Wildman–Crippen MR) is 89.4 cm³/mol. The minimum Gasteiger partial charge on any atom is -0.316 e. The van der Waals surface area contributed by atoms with E-state index in [4.69, 9.17) is 11.6 Å². The lowest BCUT2D eigenvalue weighted by Gasteiger charge is -2.31. The lowest BCUT2D eigenvalue weighted by atomic mass is 10.0. The summed E-state index contributed by atoms with van der Waals surface area (Å²) in [6, 6.07) is 9.09. The Kier molecular flexibility index (Phi) is 7.57. The Morgan fingerprint density at radius 2 is 1.90 bits per heavy atom. The second-order valence-corrected chi connectivity index (χ2v) is 6.57. The summed E-state index contributed by atoms with van der Waals surface area (Å²) in [5, 5.41) is 4.32. The van der Waals surface area contributed by atoms with Crippen LogP contribution in [0.4, 0.5) is 0 Å². The molecular formula is C17H29ClN2. The number of nitrogens with one attached hydrogen (secondary N) is 1. The van der Waals surface area contributed by atoms with Crippen molar-refractivity contribution < 1.29 is 0 Å². The van der Waals surface area contributed by atoms with Crippen LogP contribution in [-0.4, -0.2) is 31.1 Å². The van der Waals surface area contributed by atoms with Gasteiger partial charge in [0, 0.05) is 17.1 Å². The van der Waals surface area contributed by atoms with Gasteiger partial charge in [0.25, 0.3) is 0 Å². The topological polar surface area (TPSA) is 15.3 Å². The zero-order valence-corrected chi connectivity index (χ0v) is 14.2. The first kappa shape index (κ1) is 17.5. The average Bonchev–Trinajstić information content (AvgIpc) is 2.41. The summed E-state index contributed by atoms with van der Waals surface area (Å²) in [6.07, 6.45) is 1.16. The molecule has 0 heterocycles. The maximum atomic E-state index is 6.08. The summed E-state index contributed by atoms with van der Waals surface area (Å²) in [4.78, 5) is 2.42. The highest BCUT2D eigenvalue weighted by atomic mass is 35.5. The molecule has 0 fully saturated rings. The van der Waals surface area contributed by atoms with Crippen molar-refractivity contribution in [2.45, 2.75) is 46.2 Å². The van der Waals surface area contributed by atoms with Gasteiger partial charge in [-0.2, -0.15) is 0 Å². The van der Waals surface area contributed by atoms with Gasteiger partial charge in [-0.15, -0.1) is 0 Å². The van der Waals surface area contributed by atoms with Gasteiger partial charge in [-0.3, -0.25) is 4.90 Å². The fraction of sp³-hybridized carbons (Fsp3) is 0.647. The normalized spacial score (nSPS) is 14.8. The molecule has 0 aromatic heterocycles. The number of halogens is 1. The molecule has 0 saturated carbocycles. The van der Waals surface area contributed by atoms with E-state index < -0.39 is 0 Å². The lowest BCUT2D eigenvalue weighted by molar-refractivity contribution is 0.187. The number of hydrogen-bond acceptors (Lipinski definition) is 2. The van der Waals surface area contributed by atoms with E-state index in [-0.39, 0.29) is 0 Å². The van der Waals surface area contributed by atoms with Crippen molar-refractivity contribution in [1.82, 2.24) is 10.2 Å². The van der Waals surface area contributed by atoms with Gasteiger partial charge in [0.2, 0.25) is 0 Å². The summed E-state index contributed by atoms with van der Waals surface area (Å²) in [6.45, 7) is 11.2. The smallest absolute Gasteiger partial charge is 0.0409 e. The Bertz CT molecular complexity index is 392. The van der Waals surface area contributed by atoms with Gasteiger partial charge >= 0.3 is 0 Å². The van der Waals surface area contributed by atoms with Crippen LogP contribution in [0.5, 0.6) is 0 Å². The molecule has 0 radical (unpaired) electrons. The van der Waals surface area contributed by atoms with Crippen LogP contribution in [-0.2, 0) is 0 Å². The molecule has 114 valence electrons. The van der Waals surface area contributed by atoms with E-state index in [1.807, 2.05) is 12.1 Å². The van der Waals surface area contributed by atoms with Crippen LogP contribution >= 0.6 is 11.6 Å². The second kappa shape index (κ2) is 8.66. The molecule has 0 aliphatic rings. The fourth-order valence-electron chi connectivity index (χ4n) is 2.29. The Balaban J connectivity index is 2.45. The number of hydrogen-bond donors (Lipinski definition) is 1. The third kappa shape index (κ3) is 5.82. The van der Waals surface area contributed by atoms with E-state index in [1.54, 1.807) is 0 Å². The molecule has 3 heteroatoms. The highest BCUT2D eigenvalue weighted by molar-refractivity contribution is 6.30. The maximum Gasteiger partial charge on any atom is 0.0409 e. The zero-order chi connectivity index (χ0) is 15.1. The summed E-state index contributed by atoms with van der Waals surface area (Å²) >= 11 is 6.08. The number of rotatable bonds is 8. The van der Waals surface area contributed by atoms with E-state index in [0.717, 1.165) is 24.5 Å². The van der Waals surface area contributed by atoms with Crippen molar-refractivity contribution in [1.29, 1.82) is 0 Å². The zero-order valence-electron chi connectivity index (χ0n) is 13.5. The van der Waals surface area contributed by atoms with Gasteiger partial charge in [-0.25, -0.2) is 0 Å². The van der Waals surface area contributed by atoms with E-state index >= 15 is 0 Å². The maximum absolute atomic E-state index is 6.08. The second-order valence-electron chi connectivity index (χ2n) is 6.13. The van der Waals surface area contributed by atoms with Crippen molar-refractivity contribution in [2.75, 3.05) is 20.1 Å². The van der Waals surface area contributed by atoms with Crippen molar-refractivity contribution in [3.8, 4) is 0 Å². The fourth-order valence-corrected chi connectivity index (χ4v) is 2.49. The monoisotopic (exact) mass is 296 g/mol. The van der Waals surface area contributed by atoms with Crippen molar-refractivity contribution >= 4 is 11.6 Å². The lowest BCUT2D eigenvalue weighted by Crippen LogP contribution is -2.34. The summed E-state index contributed by atoms with van der Waals surface area (Å²) in [7, 11) is 2.19. The molecule has 0 saturated heterocycles. The van der Waals surface area contributed by atoms with Crippen molar-refractivity contribution in [2.24, 2.45) is 5.92 Å². The first-order valence-corrected chi connectivity index (χ1v) is 7.97. The molecule has 1 aromatic carbocycles.